The highest BCUT2D eigenvalue weighted by Gasteiger charge is 2.21. The van der Waals surface area contributed by atoms with Crippen LogP contribution in [-0.2, 0) is 13.0 Å². The number of nitrogen functional groups attached to an aromatic ring is 1. The zero-order chi connectivity index (χ0) is 14.5. The smallest absolute Gasteiger partial charge is 0.276 e. The van der Waals surface area contributed by atoms with Crippen molar-refractivity contribution in [3.05, 3.63) is 41.5 Å². The van der Waals surface area contributed by atoms with Gasteiger partial charge >= 0.3 is 0 Å². The van der Waals surface area contributed by atoms with Crippen LogP contribution in [0.5, 0.6) is 0 Å². The van der Waals surface area contributed by atoms with Gasteiger partial charge in [-0.05, 0) is 25.5 Å². The van der Waals surface area contributed by atoms with E-state index in [1.807, 2.05) is 32.0 Å². The fourth-order valence-electron chi connectivity index (χ4n) is 1.98. The molecule has 0 aliphatic carbocycles. The minimum Gasteiger partial charge on any atom is -0.395 e. The second-order valence-electron chi connectivity index (χ2n) is 4.46. The van der Waals surface area contributed by atoms with Crippen molar-refractivity contribution in [2.45, 2.75) is 26.8 Å². The Bertz CT molecular complexity index is 579. The second kappa shape index (κ2) is 6.18. The highest BCUT2D eigenvalue weighted by atomic mass is 16.2. The molecular weight excluding hydrogens is 254 g/mol. The van der Waals surface area contributed by atoms with E-state index in [1.54, 1.807) is 11.1 Å². The van der Waals surface area contributed by atoms with Crippen LogP contribution in [0, 0.1) is 0 Å². The summed E-state index contributed by atoms with van der Waals surface area (Å²) in [6, 6.07) is 5.64. The number of nitrogens with one attached hydrogen (secondary N) is 1. The molecule has 1 amide bonds. The van der Waals surface area contributed by atoms with Gasteiger partial charge in [0.1, 0.15) is 0 Å². The van der Waals surface area contributed by atoms with Gasteiger partial charge in [0.15, 0.2) is 5.69 Å². The van der Waals surface area contributed by atoms with Gasteiger partial charge in [0.25, 0.3) is 5.91 Å². The quantitative estimate of drug-likeness (QED) is 0.866. The highest BCUT2D eigenvalue weighted by molar-refractivity contribution is 5.97. The molecule has 2 heterocycles. The molecule has 6 nitrogen and oxygen atoms in total. The number of aromatic nitrogens is 3. The van der Waals surface area contributed by atoms with Crippen LogP contribution in [0.25, 0.3) is 0 Å². The van der Waals surface area contributed by atoms with E-state index in [9.17, 15) is 4.79 Å². The zero-order valence-electron chi connectivity index (χ0n) is 11.8. The lowest BCUT2D eigenvalue weighted by atomic mass is 10.2. The number of hydrogen-bond donors (Lipinski definition) is 2. The monoisotopic (exact) mass is 273 g/mol. The van der Waals surface area contributed by atoms with E-state index >= 15 is 0 Å². The van der Waals surface area contributed by atoms with E-state index in [1.165, 1.54) is 0 Å². The van der Waals surface area contributed by atoms with Gasteiger partial charge in [-0.2, -0.15) is 5.10 Å². The Morgan fingerprint density at radius 1 is 1.40 bits per heavy atom. The first-order valence-corrected chi connectivity index (χ1v) is 6.69. The van der Waals surface area contributed by atoms with Crippen molar-refractivity contribution in [1.82, 2.24) is 20.1 Å². The number of H-pyrrole nitrogens is 1. The summed E-state index contributed by atoms with van der Waals surface area (Å²) in [4.78, 5) is 18.4. The van der Waals surface area contributed by atoms with Gasteiger partial charge in [0, 0.05) is 12.7 Å². The summed E-state index contributed by atoms with van der Waals surface area (Å²) >= 11 is 0. The summed E-state index contributed by atoms with van der Waals surface area (Å²) < 4.78 is 0. The Balaban J connectivity index is 2.18. The average Bonchev–Trinajstić information content (AvgIpc) is 2.86. The lowest BCUT2D eigenvalue weighted by Crippen LogP contribution is -2.31. The molecule has 0 spiro atoms. The maximum Gasteiger partial charge on any atom is 0.276 e. The standard InChI is InChI=1S/C14H19N5O/c1-3-11-12(15)13(18-17-11)14(20)19(4-2)9-10-7-5-6-8-16-10/h5-8H,3-4,9,15H2,1-2H3,(H,17,18). The van der Waals surface area contributed by atoms with Crippen molar-refractivity contribution in [3.8, 4) is 0 Å². The zero-order valence-corrected chi connectivity index (χ0v) is 11.8. The number of carbonyl (C=O) groups is 1. The Morgan fingerprint density at radius 3 is 2.75 bits per heavy atom. The maximum absolute atomic E-state index is 12.5. The predicted molar refractivity (Wildman–Crippen MR) is 77.0 cm³/mol. The van der Waals surface area contributed by atoms with Crippen LogP contribution in [0.4, 0.5) is 5.69 Å². The molecule has 3 N–H and O–H groups in total. The molecule has 2 rings (SSSR count). The predicted octanol–water partition coefficient (Wildman–Crippen LogP) is 1.61. The van der Waals surface area contributed by atoms with Crippen molar-refractivity contribution >= 4 is 11.6 Å². The van der Waals surface area contributed by atoms with Crippen LogP contribution in [0.1, 0.15) is 35.7 Å². The summed E-state index contributed by atoms with van der Waals surface area (Å²) in [6.07, 6.45) is 2.43. The Morgan fingerprint density at radius 2 is 2.20 bits per heavy atom. The number of amides is 1. The van der Waals surface area contributed by atoms with Crippen LogP contribution >= 0.6 is 0 Å². The second-order valence-corrected chi connectivity index (χ2v) is 4.46. The van der Waals surface area contributed by atoms with Crippen LogP contribution < -0.4 is 5.73 Å². The van der Waals surface area contributed by atoms with Gasteiger partial charge in [-0.3, -0.25) is 14.9 Å². The third kappa shape index (κ3) is 2.79. The number of anilines is 1. The molecule has 6 heteroatoms. The van der Waals surface area contributed by atoms with E-state index in [4.69, 9.17) is 5.73 Å². The van der Waals surface area contributed by atoms with Gasteiger partial charge in [-0.1, -0.05) is 13.0 Å². The van der Waals surface area contributed by atoms with Gasteiger partial charge in [0.2, 0.25) is 0 Å². The van der Waals surface area contributed by atoms with Crippen LogP contribution in [0.15, 0.2) is 24.4 Å². The molecule has 0 aliphatic heterocycles. The van der Waals surface area contributed by atoms with Crippen molar-refractivity contribution < 1.29 is 4.79 Å². The Kier molecular flexibility index (Phi) is 4.34. The number of carbonyl (C=O) groups excluding carboxylic acids is 1. The highest BCUT2D eigenvalue weighted by Crippen LogP contribution is 2.17. The number of nitrogens with two attached hydrogens (primary N) is 1. The molecule has 0 aromatic carbocycles. The molecule has 0 bridgehead atoms. The fourth-order valence-corrected chi connectivity index (χ4v) is 1.98. The van der Waals surface area contributed by atoms with Crippen LogP contribution in [-0.4, -0.2) is 32.5 Å². The summed E-state index contributed by atoms with van der Waals surface area (Å²) in [5.74, 6) is -0.174. The number of rotatable bonds is 5. The van der Waals surface area contributed by atoms with Crippen molar-refractivity contribution in [2.75, 3.05) is 12.3 Å². The topological polar surface area (TPSA) is 87.9 Å². The summed E-state index contributed by atoms with van der Waals surface area (Å²) in [6.45, 7) is 4.90. The molecule has 0 radical (unpaired) electrons. The third-order valence-electron chi connectivity index (χ3n) is 3.19. The number of hydrogen-bond acceptors (Lipinski definition) is 4. The molecule has 2 aromatic heterocycles. The molecule has 20 heavy (non-hydrogen) atoms. The first kappa shape index (κ1) is 14.0. The van der Waals surface area contributed by atoms with E-state index < -0.39 is 0 Å². The minimum absolute atomic E-state index is 0.174. The maximum atomic E-state index is 12.5. The first-order chi connectivity index (χ1) is 9.67. The number of aromatic amines is 1. The van der Waals surface area contributed by atoms with Gasteiger partial charge in [-0.15, -0.1) is 0 Å². The lowest BCUT2D eigenvalue weighted by Gasteiger charge is -2.19. The van der Waals surface area contributed by atoms with Crippen LogP contribution in [0.3, 0.4) is 0 Å². The number of pyridine rings is 1. The number of aryl methyl sites for hydroxylation is 1. The molecule has 0 unspecified atom stereocenters. The molecule has 0 fully saturated rings. The summed E-state index contributed by atoms with van der Waals surface area (Å²) in [5.41, 5.74) is 8.31. The normalized spacial score (nSPS) is 10.5. The number of nitrogens with zero attached hydrogens (tertiary/aromatic N) is 3. The van der Waals surface area contributed by atoms with Crippen molar-refractivity contribution in [3.63, 3.8) is 0 Å². The Hall–Kier alpha value is -2.37. The molecule has 2 aromatic rings. The average molecular weight is 273 g/mol. The van der Waals surface area contributed by atoms with E-state index in [0.29, 0.717) is 24.5 Å². The summed E-state index contributed by atoms with van der Waals surface area (Å²) in [7, 11) is 0. The Labute approximate surface area is 118 Å². The van der Waals surface area contributed by atoms with Crippen molar-refractivity contribution in [2.24, 2.45) is 0 Å². The fraction of sp³-hybridized carbons (Fsp3) is 0.357. The van der Waals surface area contributed by atoms with Crippen molar-refractivity contribution in [1.29, 1.82) is 0 Å². The molecule has 0 aliphatic rings. The molecule has 0 atom stereocenters. The van der Waals surface area contributed by atoms with Gasteiger partial charge in [-0.25, -0.2) is 0 Å². The molecule has 0 saturated heterocycles. The molecular formula is C14H19N5O. The van der Waals surface area contributed by atoms with E-state index in [2.05, 4.69) is 15.2 Å². The largest absolute Gasteiger partial charge is 0.395 e. The van der Waals surface area contributed by atoms with Gasteiger partial charge < -0.3 is 10.6 Å². The minimum atomic E-state index is -0.174. The molecule has 0 saturated carbocycles. The van der Waals surface area contributed by atoms with Gasteiger partial charge in [0.05, 0.1) is 23.6 Å². The lowest BCUT2D eigenvalue weighted by molar-refractivity contribution is 0.0745. The SMILES string of the molecule is CCc1[nH]nc(C(=O)N(CC)Cc2ccccn2)c1N. The van der Waals surface area contributed by atoms with Crippen LogP contribution in [0.2, 0.25) is 0 Å². The summed E-state index contributed by atoms with van der Waals surface area (Å²) in [5, 5.41) is 6.84. The van der Waals surface area contributed by atoms with E-state index in [0.717, 1.165) is 17.8 Å². The van der Waals surface area contributed by atoms with E-state index in [-0.39, 0.29) is 5.91 Å². The first-order valence-electron chi connectivity index (χ1n) is 6.69. The molecule has 106 valence electrons. The third-order valence-corrected chi connectivity index (χ3v) is 3.19.